The second-order valence-electron chi connectivity index (χ2n) is 6.85. The number of aryl methyl sites for hydroxylation is 1. The molecule has 160 valence electrons. The third-order valence-corrected chi connectivity index (χ3v) is 5.51. The minimum atomic E-state index is -0.495. The van der Waals surface area contributed by atoms with E-state index in [-0.39, 0.29) is 23.7 Å². The van der Waals surface area contributed by atoms with Gasteiger partial charge in [-0.3, -0.25) is 18.5 Å². The number of hydrogen-bond donors (Lipinski definition) is 0. The van der Waals surface area contributed by atoms with E-state index in [4.69, 9.17) is 32.7 Å². The molecule has 8 nitrogen and oxygen atoms in total. The molecule has 4 rings (SSSR count). The van der Waals surface area contributed by atoms with Gasteiger partial charge in [-0.2, -0.15) is 4.98 Å². The van der Waals surface area contributed by atoms with Crippen LogP contribution in [0.2, 0.25) is 10.0 Å². The van der Waals surface area contributed by atoms with Crippen molar-refractivity contribution in [1.29, 1.82) is 0 Å². The second-order valence-corrected chi connectivity index (χ2v) is 7.69. The summed E-state index contributed by atoms with van der Waals surface area (Å²) >= 11 is 12.4. The Morgan fingerprint density at radius 2 is 1.71 bits per heavy atom. The van der Waals surface area contributed by atoms with Gasteiger partial charge in [0.05, 0.1) is 13.7 Å². The van der Waals surface area contributed by atoms with Gasteiger partial charge in [0.25, 0.3) is 5.56 Å². The van der Waals surface area contributed by atoms with Gasteiger partial charge >= 0.3 is 11.7 Å². The summed E-state index contributed by atoms with van der Waals surface area (Å²) in [6, 6.07) is 12.3. The number of hydrogen-bond acceptors (Lipinski definition) is 5. The Labute approximate surface area is 186 Å². The Kier molecular flexibility index (Phi) is 5.51. The van der Waals surface area contributed by atoms with Crippen LogP contribution in [0.1, 0.15) is 5.56 Å². The third-order valence-electron chi connectivity index (χ3n) is 4.93. The number of imidazole rings is 1. The Morgan fingerprint density at radius 1 is 1.00 bits per heavy atom. The fourth-order valence-corrected chi connectivity index (χ4v) is 3.74. The van der Waals surface area contributed by atoms with Crippen molar-refractivity contribution in [3.8, 4) is 17.5 Å². The summed E-state index contributed by atoms with van der Waals surface area (Å²) in [5.74, 6) is 0.901. The van der Waals surface area contributed by atoms with Crippen LogP contribution in [-0.2, 0) is 20.6 Å². The molecule has 0 spiro atoms. The number of halogens is 2. The fourth-order valence-electron chi connectivity index (χ4n) is 3.27. The van der Waals surface area contributed by atoms with Crippen molar-refractivity contribution in [2.45, 2.75) is 6.54 Å². The van der Waals surface area contributed by atoms with E-state index >= 15 is 0 Å². The molecule has 0 fully saturated rings. The van der Waals surface area contributed by atoms with Crippen molar-refractivity contribution in [2.24, 2.45) is 14.1 Å². The maximum Gasteiger partial charge on any atom is 0.332 e. The topological polar surface area (TPSA) is 80.3 Å². The van der Waals surface area contributed by atoms with Crippen molar-refractivity contribution >= 4 is 34.4 Å². The van der Waals surface area contributed by atoms with E-state index in [1.165, 1.54) is 18.7 Å². The van der Waals surface area contributed by atoms with E-state index < -0.39 is 11.2 Å². The molecule has 0 aliphatic rings. The van der Waals surface area contributed by atoms with Crippen LogP contribution in [0.15, 0.2) is 52.1 Å². The van der Waals surface area contributed by atoms with Gasteiger partial charge in [0, 0.05) is 24.1 Å². The van der Waals surface area contributed by atoms with E-state index in [0.29, 0.717) is 27.1 Å². The lowest BCUT2D eigenvalue weighted by Gasteiger charge is -2.13. The lowest BCUT2D eigenvalue weighted by molar-refractivity contribution is 0.361. The van der Waals surface area contributed by atoms with Crippen molar-refractivity contribution in [3.63, 3.8) is 0 Å². The molecular formula is C21H18Cl2N4O4. The largest absolute Gasteiger partial charge is 0.493 e. The van der Waals surface area contributed by atoms with Gasteiger partial charge in [-0.1, -0.05) is 41.4 Å². The van der Waals surface area contributed by atoms with Gasteiger partial charge in [0.1, 0.15) is 0 Å². The molecule has 0 amide bonds. The number of methoxy groups -OCH3 is 1. The van der Waals surface area contributed by atoms with E-state index in [9.17, 15) is 9.59 Å². The maximum atomic E-state index is 13.0. The highest BCUT2D eigenvalue weighted by Gasteiger charge is 2.22. The van der Waals surface area contributed by atoms with Gasteiger partial charge in [-0.25, -0.2) is 4.79 Å². The summed E-state index contributed by atoms with van der Waals surface area (Å²) in [5.41, 5.74) is 0.121. The molecule has 2 aromatic carbocycles. The number of ether oxygens (including phenoxy) is 2. The van der Waals surface area contributed by atoms with E-state index in [0.717, 1.165) is 4.57 Å². The minimum absolute atomic E-state index is 0.115. The van der Waals surface area contributed by atoms with Gasteiger partial charge in [0.15, 0.2) is 22.7 Å². The monoisotopic (exact) mass is 460 g/mol. The molecule has 4 aromatic rings. The van der Waals surface area contributed by atoms with Crippen LogP contribution >= 0.6 is 23.2 Å². The first kappa shape index (κ1) is 21.0. The zero-order valence-electron chi connectivity index (χ0n) is 16.9. The van der Waals surface area contributed by atoms with Gasteiger partial charge in [-0.15, -0.1) is 0 Å². The number of benzene rings is 2. The predicted octanol–water partition coefficient (Wildman–Crippen LogP) is 3.59. The highest BCUT2D eigenvalue weighted by Crippen LogP contribution is 2.32. The van der Waals surface area contributed by atoms with E-state index in [1.54, 1.807) is 48.0 Å². The van der Waals surface area contributed by atoms with E-state index in [1.807, 2.05) is 6.07 Å². The molecule has 0 unspecified atom stereocenters. The number of aromatic nitrogens is 4. The van der Waals surface area contributed by atoms with Crippen LogP contribution in [0.25, 0.3) is 11.2 Å². The third kappa shape index (κ3) is 3.68. The van der Waals surface area contributed by atoms with Crippen LogP contribution < -0.4 is 20.7 Å². The molecule has 0 saturated heterocycles. The molecule has 0 radical (unpaired) electrons. The first-order chi connectivity index (χ1) is 14.8. The molecule has 2 aromatic heterocycles. The van der Waals surface area contributed by atoms with Crippen molar-refractivity contribution < 1.29 is 9.47 Å². The lowest BCUT2D eigenvalue weighted by atomic mass is 10.2. The zero-order chi connectivity index (χ0) is 22.3. The number of rotatable bonds is 5. The average Bonchev–Trinajstić information content (AvgIpc) is 3.11. The molecular weight excluding hydrogens is 443 g/mol. The van der Waals surface area contributed by atoms with Crippen LogP contribution in [0.3, 0.4) is 0 Å². The Balaban J connectivity index is 1.97. The summed E-state index contributed by atoms with van der Waals surface area (Å²) in [7, 11) is 4.49. The molecule has 2 heterocycles. The van der Waals surface area contributed by atoms with Gasteiger partial charge in [-0.05, 0) is 29.8 Å². The van der Waals surface area contributed by atoms with Crippen LogP contribution in [0.5, 0.6) is 17.5 Å². The highest BCUT2D eigenvalue weighted by molar-refractivity contribution is 6.35. The molecule has 0 aliphatic carbocycles. The highest BCUT2D eigenvalue weighted by atomic mass is 35.5. The van der Waals surface area contributed by atoms with Crippen LogP contribution in [-0.4, -0.2) is 25.8 Å². The zero-order valence-corrected chi connectivity index (χ0v) is 18.4. The van der Waals surface area contributed by atoms with E-state index in [2.05, 4.69) is 4.98 Å². The molecule has 0 bridgehead atoms. The Morgan fingerprint density at radius 3 is 2.39 bits per heavy atom. The smallest absolute Gasteiger partial charge is 0.332 e. The molecule has 10 heteroatoms. The minimum Gasteiger partial charge on any atom is -0.493 e. The van der Waals surface area contributed by atoms with Gasteiger partial charge in [0.2, 0.25) is 0 Å². The van der Waals surface area contributed by atoms with Crippen molar-refractivity contribution in [2.75, 3.05) is 7.11 Å². The fraction of sp³-hybridized carbons (Fsp3) is 0.190. The molecule has 31 heavy (non-hydrogen) atoms. The second kappa shape index (κ2) is 8.13. The van der Waals surface area contributed by atoms with Crippen molar-refractivity contribution in [1.82, 2.24) is 18.7 Å². The first-order valence-corrected chi connectivity index (χ1v) is 9.98. The quantitative estimate of drug-likeness (QED) is 0.454. The maximum absolute atomic E-state index is 13.0. The Hall–Kier alpha value is -3.23. The first-order valence-electron chi connectivity index (χ1n) is 9.23. The molecule has 0 saturated carbocycles. The molecule has 0 aliphatic heterocycles. The number of fused-ring (bicyclic) bond motifs is 1. The Bertz CT molecular complexity index is 1420. The molecule has 0 atom stereocenters. The lowest BCUT2D eigenvalue weighted by Crippen LogP contribution is -2.37. The predicted molar refractivity (Wildman–Crippen MR) is 119 cm³/mol. The van der Waals surface area contributed by atoms with Gasteiger partial charge < -0.3 is 9.47 Å². The summed E-state index contributed by atoms with van der Waals surface area (Å²) in [5, 5.41) is 0.923. The van der Waals surface area contributed by atoms with Crippen LogP contribution in [0.4, 0.5) is 0 Å². The number of nitrogens with zero attached hydrogens (tertiary/aromatic N) is 4. The SMILES string of the molecule is COc1ccccc1Oc1nc2c(c(=O)n(C)c(=O)n2C)n1Cc1ccc(Cl)cc1Cl. The standard InChI is InChI=1S/C21H18Cl2N4O4/c1-25-18-17(19(28)26(2)21(25)29)27(11-12-8-9-13(22)10-14(12)23)20(24-18)31-16-7-5-4-6-15(16)30-3/h4-10H,11H2,1-3H3. The normalized spacial score (nSPS) is 11.1. The summed E-state index contributed by atoms with van der Waals surface area (Å²) in [4.78, 5) is 29.9. The number of para-hydroxylation sites is 2. The summed E-state index contributed by atoms with van der Waals surface area (Å²) in [6.45, 7) is 0.171. The molecule has 0 N–H and O–H groups in total. The van der Waals surface area contributed by atoms with Crippen LogP contribution in [0, 0.1) is 0 Å². The van der Waals surface area contributed by atoms with Crippen molar-refractivity contribution in [3.05, 3.63) is 78.9 Å². The summed E-state index contributed by atoms with van der Waals surface area (Å²) in [6.07, 6.45) is 0. The summed E-state index contributed by atoms with van der Waals surface area (Å²) < 4.78 is 15.3. The average molecular weight is 461 g/mol.